The summed E-state index contributed by atoms with van der Waals surface area (Å²) >= 11 is 9.72. The molecular weight excluding hydrogens is 558 g/mol. The van der Waals surface area contributed by atoms with Crippen molar-refractivity contribution in [3.63, 3.8) is 0 Å². The largest absolute Gasteiger partial charge is 0.375 e. The average Bonchev–Trinajstić information content (AvgIpc) is 3.37. The van der Waals surface area contributed by atoms with Crippen molar-refractivity contribution in [2.24, 2.45) is 0 Å². The van der Waals surface area contributed by atoms with Gasteiger partial charge < -0.3 is 24.9 Å². The third-order valence-corrected chi connectivity index (χ3v) is 7.49. The van der Waals surface area contributed by atoms with E-state index in [1.165, 1.54) is 7.11 Å². The first kappa shape index (κ1) is 25.8. The fourth-order valence-electron chi connectivity index (χ4n) is 4.92. The summed E-state index contributed by atoms with van der Waals surface area (Å²) in [5.74, 6) is -0.109. The number of aromatic amines is 2. The van der Waals surface area contributed by atoms with E-state index in [2.05, 4.69) is 36.1 Å². The van der Waals surface area contributed by atoms with Crippen molar-refractivity contribution in [2.75, 3.05) is 53.0 Å². The Hall–Kier alpha value is -2.85. The van der Waals surface area contributed by atoms with Crippen LogP contribution in [0.15, 0.2) is 46.9 Å². The van der Waals surface area contributed by atoms with Gasteiger partial charge in [0.15, 0.2) is 0 Å². The number of hydrogen-bond donors (Lipinski definition) is 3. The molecule has 0 saturated carbocycles. The quantitative estimate of drug-likeness (QED) is 0.294. The van der Waals surface area contributed by atoms with Gasteiger partial charge in [0, 0.05) is 71.1 Å². The predicted octanol–water partition coefficient (Wildman–Crippen LogP) is 4.64. The molecule has 10 heteroatoms. The number of benzene rings is 2. The molecule has 4 aromatic rings. The highest BCUT2D eigenvalue weighted by Gasteiger charge is 2.22. The number of hydrogen-bond acceptors (Lipinski definition) is 4. The number of methoxy groups -OCH3 is 1. The number of nitrogens with zero attached hydrogens (tertiary/aromatic N) is 2. The lowest BCUT2D eigenvalue weighted by atomic mass is 10.1. The van der Waals surface area contributed by atoms with Gasteiger partial charge >= 0.3 is 0 Å². The van der Waals surface area contributed by atoms with Gasteiger partial charge in [0.25, 0.3) is 5.91 Å². The Bertz CT molecular complexity index is 1450. The van der Waals surface area contributed by atoms with Gasteiger partial charge in [0.05, 0.1) is 17.0 Å². The molecule has 0 spiro atoms. The summed E-state index contributed by atoms with van der Waals surface area (Å²) in [6, 6.07) is 13.6. The van der Waals surface area contributed by atoms with Gasteiger partial charge in [-0.05, 0) is 49.4 Å². The number of carbonyl (C=O) groups excluding carboxylic acids is 2. The number of fused-ring (bicyclic) bond motifs is 2. The molecule has 1 aliphatic heterocycles. The van der Waals surface area contributed by atoms with E-state index in [1.807, 2.05) is 47.4 Å². The first-order valence-electron chi connectivity index (χ1n) is 12.3. The van der Waals surface area contributed by atoms with Crippen LogP contribution in [0.2, 0.25) is 5.02 Å². The van der Waals surface area contributed by atoms with E-state index in [4.69, 9.17) is 16.3 Å². The number of nitrogens with one attached hydrogen (secondary N) is 3. The summed E-state index contributed by atoms with van der Waals surface area (Å²) in [4.78, 5) is 36.7. The summed E-state index contributed by atoms with van der Waals surface area (Å²) in [6.45, 7) is 4.40. The smallest absolute Gasteiger partial charge is 0.254 e. The van der Waals surface area contributed by atoms with Crippen LogP contribution >= 0.6 is 27.5 Å². The standard InChI is InChI=1S/C27H29BrClN5O3/c1-37-16-24(35)34-9-2-8-33(11-12-34)10-7-30-27(36)25-20-5-3-18(28)15-22(20)32-26(25)23-14-17-13-19(29)4-6-21(17)31-23/h3-6,13-15,31-32H,2,7-12,16H2,1H3,(H,30,36). The molecule has 37 heavy (non-hydrogen) atoms. The van der Waals surface area contributed by atoms with E-state index in [0.717, 1.165) is 63.7 Å². The van der Waals surface area contributed by atoms with Crippen LogP contribution in [0.25, 0.3) is 33.2 Å². The molecule has 5 rings (SSSR count). The van der Waals surface area contributed by atoms with Crippen LogP contribution < -0.4 is 5.32 Å². The lowest BCUT2D eigenvalue weighted by molar-refractivity contribution is -0.135. The summed E-state index contributed by atoms with van der Waals surface area (Å²) in [6.07, 6.45) is 0.898. The van der Waals surface area contributed by atoms with Gasteiger partial charge in [-0.3, -0.25) is 14.5 Å². The number of carbonyl (C=O) groups is 2. The van der Waals surface area contributed by atoms with Gasteiger partial charge in [-0.1, -0.05) is 33.6 Å². The monoisotopic (exact) mass is 585 g/mol. The van der Waals surface area contributed by atoms with Gasteiger partial charge in [0.1, 0.15) is 6.61 Å². The van der Waals surface area contributed by atoms with Crippen molar-refractivity contribution in [3.05, 3.63) is 57.5 Å². The minimum atomic E-state index is -0.132. The summed E-state index contributed by atoms with van der Waals surface area (Å²) in [7, 11) is 1.54. The molecule has 2 amide bonds. The third kappa shape index (κ3) is 5.70. The number of ether oxygens (including phenoxy) is 1. The Morgan fingerprint density at radius 2 is 1.92 bits per heavy atom. The SMILES string of the molecule is COCC(=O)N1CCCN(CCNC(=O)c2c(-c3cc4cc(Cl)ccc4[nH]3)[nH]c3cc(Br)ccc23)CC1. The zero-order chi connectivity index (χ0) is 25.9. The second-order valence-electron chi connectivity index (χ2n) is 9.24. The fraction of sp³-hybridized carbons (Fsp3) is 0.333. The molecule has 2 aromatic heterocycles. The molecule has 0 atom stereocenters. The van der Waals surface area contributed by atoms with Crippen molar-refractivity contribution < 1.29 is 14.3 Å². The van der Waals surface area contributed by atoms with Crippen LogP contribution in [0, 0.1) is 0 Å². The maximum atomic E-state index is 13.5. The van der Waals surface area contributed by atoms with Gasteiger partial charge in [-0.2, -0.15) is 0 Å². The molecule has 3 heterocycles. The van der Waals surface area contributed by atoms with Gasteiger partial charge in [-0.25, -0.2) is 0 Å². The second-order valence-corrected chi connectivity index (χ2v) is 10.6. The maximum Gasteiger partial charge on any atom is 0.254 e. The molecule has 194 valence electrons. The predicted molar refractivity (Wildman–Crippen MR) is 150 cm³/mol. The lowest BCUT2D eigenvalue weighted by Crippen LogP contribution is -2.39. The van der Waals surface area contributed by atoms with Crippen molar-refractivity contribution in [3.8, 4) is 11.4 Å². The Balaban J connectivity index is 1.32. The molecule has 1 saturated heterocycles. The Morgan fingerprint density at radius 3 is 2.76 bits per heavy atom. The van der Waals surface area contributed by atoms with Crippen LogP contribution in [0.4, 0.5) is 0 Å². The number of amides is 2. The highest BCUT2D eigenvalue weighted by Crippen LogP contribution is 2.33. The van der Waals surface area contributed by atoms with E-state index in [9.17, 15) is 9.59 Å². The minimum Gasteiger partial charge on any atom is -0.375 e. The maximum absolute atomic E-state index is 13.5. The highest BCUT2D eigenvalue weighted by atomic mass is 79.9. The zero-order valence-corrected chi connectivity index (χ0v) is 22.9. The van der Waals surface area contributed by atoms with E-state index in [-0.39, 0.29) is 18.4 Å². The molecule has 0 bridgehead atoms. The third-order valence-electron chi connectivity index (χ3n) is 6.76. The molecule has 2 aromatic carbocycles. The molecule has 0 aliphatic carbocycles. The Labute approximate surface area is 228 Å². The minimum absolute atomic E-state index is 0.0235. The number of aromatic nitrogens is 2. The number of H-pyrrole nitrogens is 2. The van der Waals surface area contributed by atoms with E-state index >= 15 is 0 Å². The molecule has 1 fully saturated rings. The summed E-state index contributed by atoms with van der Waals surface area (Å²) in [5.41, 5.74) is 3.99. The van der Waals surface area contributed by atoms with E-state index < -0.39 is 0 Å². The fourth-order valence-corrected chi connectivity index (χ4v) is 5.46. The van der Waals surface area contributed by atoms with Crippen molar-refractivity contribution >= 4 is 61.2 Å². The molecule has 1 aliphatic rings. The van der Waals surface area contributed by atoms with Crippen LogP contribution in [-0.4, -0.2) is 84.6 Å². The zero-order valence-electron chi connectivity index (χ0n) is 20.6. The Morgan fingerprint density at radius 1 is 1.05 bits per heavy atom. The van der Waals surface area contributed by atoms with Crippen LogP contribution in [-0.2, 0) is 9.53 Å². The summed E-state index contributed by atoms with van der Waals surface area (Å²) in [5, 5.41) is 5.62. The van der Waals surface area contributed by atoms with Gasteiger partial charge in [0.2, 0.25) is 5.91 Å². The average molecular weight is 587 g/mol. The number of rotatable bonds is 7. The van der Waals surface area contributed by atoms with E-state index in [1.54, 1.807) is 0 Å². The van der Waals surface area contributed by atoms with Crippen molar-refractivity contribution in [1.82, 2.24) is 25.1 Å². The van der Waals surface area contributed by atoms with E-state index in [0.29, 0.717) is 30.2 Å². The topological polar surface area (TPSA) is 93.5 Å². The molecular formula is C27H29BrClN5O3. The number of halogens is 2. The first-order chi connectivity index (χ1) is 17.9. The van der Waals surface area contributed by atoms with Gasteiger partial charge in [-0.15, -0.1) is 0 Å². The highest BCUT2D eigenvalue weighted by molar-refractivity contribution is 9.10. The normalized spacial score (nSPS) is 14.8. The second kappa shape index (κ2) is 11.3. The van der Waals surface area contributed by atoms with Crippen LogP contribution in [0.3, 0.4) is 0 Å². The van der Waals surface area contributed by atoms with Crippen LogP contribution in [0.5, 0.6) is 0 Å². The molecule has 3 N–H and O–H groups in total. The summed E-state index contributed by atoms with van der Waals surface area (Å²) < 4.78 is 5.92. The first-order valence-corrected chi connectivity index (χ1v) is 13.5. The van der Waals surface area contributed by atoms with Crippen molar-refractivity contribution in [1.29, 1.82) is 0 Å². The lowest BCUT2D eigenvalue weighted by Gasteiger charge is -2.22. The molecule has 0 unspecified atom stereocenters. The van der Waals surface area contributed by atoms with Crippen molar-refractivity contribution in [2.45, 2.75) is 6.42 Å². The van der Waals surface area contributed by atoms with Crippen LogP contribution in [0.1, 0.15) is 16.8 Å². The molecule has 8 nitrogen and oxygen atoms in total. The Kier molecular flexibility index (Phi) is 7.85. The molecule has 0 radical (unpaired) electrons.